The number of nitrogens with zero attached hydrogens (tertiary/aromatic N) is 4. The number of carbonyl (C=O) groups excluding carboxylic acids is 1. The molecule has 27 heavy (non-hydrogen) atoms. The van der Waals surface area contributed by atoms with E-state index in [2.05, 4.69) is 21.2 Å². The van der Waals surface area contributed by atoms with E-state index in [0.29, 0.717) is 30.4 Å². The molecular formula is C20H21ClN4O2. The molecule has 7 heteroatoms. The predicted octanol–water partition coefficient (Wildman–Crippen LogP) is 4.22. The standard InChI is InChI=1S/C20H21ClN4O2/c1-11-8-12(2)17-15(9-11)10-16(18(21)22-17)20(26)25-6-4-14(5-7-25)19-24-23-13(3)27-19/h8-10,14H,4-7H2,1-3H3. The van der Waals surface area contributed by atoms with Crippen molar-refractivity contribution < 1.29 is 9.21 Å². The highest BCUT2D eigenvalue weighted by molar-refractivity contribution is 6.33. The van der Waals surface area contributed by atoms with E-state index in [9.17, 15) is 4.79 Å². The normalized spacial score (nSPS) is 15.5. The zero-order valence-corrected chi connectivity index (χ0v) is 16.4. The van der Waals surface area contributed by atoms with Crippen LogP contribution in [0.5, 0.6) is 0 Å². The molecule has 1 amide bonds. The lowest BCUT2D eigenvalue weighted by Gasteiger charge is -2.30. The number of benzene rings is 1. The average Bonchev–Trinajstić information content (AvgIpc) is 3.08. The number of carbonyl (C=O) groups is 1. The minimum Gasteiger partial charge on any atom is -0.425 e. The van der Waals surface area contributed by atoms with Crippen molar-refractivity contribution in [2.45, 2.75) is 39.5 Å². The van der Waals surface area contributed by atoms with Gasteiger partial charge in [0.2, 0.25) is 11.8 Å². The van der Waals surface area contributed by atoms with E-state index in [1.807, 2.05) is 30.9 Å². The topological polar surface area (TPSA) is 72.1 Å². The third-order valence-electron chi connectivity index (χ3n) is 5.11. The smallest absolute Gasteiger partial charge is 0.257 e. The van der Waals surface area contributed by atoms with E-state index in [0.717, 1.165) is 34.9 Å². The molecule has 1 saturated heterocycles. The molecule has 2 aromatic heterocycles. The van der Waals surface area contributed by atoms with Crippen LogP contribution in [0.3, 0.4) is 0 Å². The third kappa shape index (κ3) is 3.41. The molecule has 140 valence electrons. The molecule has 0 saturated carbocycles. The van der Waals surface area contributed by atoms with Gasteiger partial charge in [0, 0.05) is 31.3 Å². The molecule has 6 nitrogen and oxygen atoms in total. The number of aromatic nitrogens is 3. The summed E-state index contributed by atoms with van der Waals surface area (Å²) in [4.78, 5) is 19.3. The minimum absolute atomic E-state index is 0.0753. The SMILES string of the molecule is Cc1cc(C)c2nc(Cl)c(C(=O)N3CCC(c4nnc(C)o4)CC3)cc2c1. The zero-order chi connectivity index (χ0) is 19.1. The second-order valence-electron chi connectivity index (χ2n) is 7.21. The van der Waals surface area contributed by atoms with Crippen LogP contribution in [0.1, 0.15) is 52.0 Å². The Bertz CT molecular complexity index is 1020. The molecule has 0 atom stereocenters. The number of halogens is 1. The van der Waals surface area contributed by atoms with Crippen molar-refractivity contribution in [1.29, 1.82) is 0 Å². The van der Waals surface area contributed by atoms with Gasteiger partial charge in [0.25, 0.3) is 5.91 Å². The van der Waals surface area contributed by atoms with E-state index in [4.69, 9.17) is 16.0 Å². The summed E-state index contributed by atoms with van der Waals surface area (Å²) in [6.45, 7) is 7.09. The molecule has 0 radical (unpaired) electrons. The maximum absolute atomic E-state index is 13.0. The quantitative estimate of drug-likeness (QED) is 0.618. The average molecular weight is 385 g/mol. The lowest BCUT2D eigenvalue weighted by atomic mass is 9.96. The fraction of sp³-hybridized carbons (Fsp3) is 0.400. The highest BCUT2D eigenvalue weighted by Crippen LogP contribution is 2.30. The number of aryl methyl sites for hydroxylation is 3. The first kappa shape index (κ1) is 17.9. The zero-order valence-electron chi connectivity index (χ0n) is 15.6. The number of hydrogen-bond donors (Lipinski definition) is 0. The van der Waals surface area contributed by atoms with Crippen molar-refractivity contribution >= 4 is 28.4 Å². The molecule has 3 heterocycles. The number of amides is 1. The van der Waals surface area contributed by atoms with E-state index in [1.54, 1.807) is 6.92 Å². The van der Waals surface area contributed by atoms with Crippen LogP contribution in [0.25, 0.3) is 10.9 Å². The molecule has 0 aliphatic carbocycles. The first-order valence-corrected chi connectivity index (χ1v) is 9.47. The van der Waals surface area contributed by atoms with Gasteiger partial charge in [0.05, 0.1) is 11.1 Å². The van der Waals surface area contributed by atoms with Crippen LogP contribution >= 0.6 is 11.6 Å². The van der Waals surface area contributed by atoms with E-state index < -0.39 is 0 Å². The molecule has 0 N–H and O–H groups in total. The maximum atomic E-state index is 13.0. The Hall–Kier alpha value is -2.47. The summed E-state index contributed by atoms with van der Waals surface area (Å²) in [6, 6.07) is 5.96. The molecule has 3 aromatic rings. The van der Waals surface area contributed by atoms with Gasteiger partial charge in [-0.1, -0.05) is 23.2 Å². The molecule has 1 aromatic carbocycles. The van der Waals surface area contributed by atoms with Crippen LogP contribution < -0.4 is 0 Å². The lowest BCUT2D eigenvalue weighted by molar-refractivity contribution is 0.0706. The Balaban J connectivity index is 1.55. The van der Waals surface area contributed by atoms with Crippen molar-refractivity contribution in [2.75, 3.05) is 13.1 Å². The number of rotatable bonds is 2. The predicted molar refractivity (Wildman–Crippen MR) is 103 cm³/mol. The highest BCUT2D eigenvalue weighted by Gasteiger charge is 2.29. The van der Waals surface area contributed by atoms with Crippen LogP contribution in [-0.2, 0) is 0 Å². The van der Waals surface area contributed by atoms with E-state index in [-0.39, 0.29) is 17.0 Å². The van der Waals surface area contributed by atoms with Crippen LogP contribution in [0.2, 0.25) is 5.15 Å². The van der Waals surface area contributed by atoms with Gasteiger partial charge in [-0.2, -0.15) is 0 Å². The summed E-state index contributed by atoms with van der Waals surface area (Å²) in [6.07, 6.45) is 1.59. The van der Waals surface area contributed by atoms with Gasteiger partial charge >= 0.3 is 0 Å². The second-order valence-corrected chi connectivity index (χ2v) is 7.56. The Kier molecular flexibility index (Phi) is 4.60. The summed E-state index contributed by atoms with van der Waals surface area (Å²) < 4.78 is 5.54. The Morgan fingerprint density at radius 1 is 1.15 bits per heavy atom. The summed E-state index contributed by atoms with van der Waals surface area (Å²) in [5.74, 6) is 1.36. The van der Waals surface area contributed by atoms with E-state index >= 15 is 0 Å². The lowest BCUT2D eigenvalue weighted by Crippen LogP contribution is -2.38. The van der Waals surface area contributed by atoms with Crippen LogP contribution in [0.4, 0.5) is 0 Å². The van der Waals surface area contributed by atoms with Crippen molar-refractivity contribution in [3.05, 3.63) is 51.8 Å². The fourth-order valence-electron chi connectivity index (χ4n) is 3.76. The molecule has 4 rings (SSSR count). The first-order chi connectivity index (χ1) is 12.9. The number of fused-ring (bicyclic) bond motifs is 1. The molecule has 0 spiro atoms. The Morgan fingerprint density at radius 2 is 1.89 bits per heavy atom. The van der Waals surface area contributed by atoms with Gasteiger partial charge in [0.15, 0.2) is 0 Å². The summed E-state index contributed by atoms with van der Waals surface area (Å²) >= 11 is 6.36. The molecule has 1 aliphatic heterocycles. The highest BCUT2D eigenvalue weighted by atomic mass is 35.5. The third-order valence-corrected chi connectivity index (χ3v) is 5.40. The van der Waals surface area contributed by atoms with Crippen molar-refractivity contribution in [3.8, 4) is 0 Å². The Morgan fingerprint density at radius 3 is 2.56 bits per heavy atom. The number of hydrogen-bond acceptors (Lipinski definition) is 5. The molecule has 1 aliphatic rings. The van der Waals surface area contributed by atoms with Crippen LogP contribution in [-0.4, -0.2) is 39.1 Å². The van der Waals surface area contributed by atoms with Crippen molar-refractivity contribution in [3.63, 3.8) is 0 Å². The molecule has 1 fully saturated rings. The number of pyridine rings is 1. The van der Waals surface area contributed by atoms with Gasteiger partial charge in [-0.05, 0) is 44.4 Å². The Labute approximate surface area is 162 Å². The van der Waals surface area contributed by atoms with Crippen LogP contribution in [0, 0.1) is 20.8 Å². The first-order valence-electron chi connectivity index (χ1n) is 9.09. The van der Waals surface area contributed by atoms with Gasteiger partial charge in [-0.15, -0.1) is 10.2 Å². The summed E-state index contributed by atoms with van der Waals surface area (Å²) in [5.41, 5.74) is 3.49. The van der Waals surface area contributed by atoms with Gasteiger partial charge < -0.3 is 9.32 Å². The molecule has 0 bridgehead atoms. The minimum atomic E-state index is -0.0753. The van der Waals surface area contributed by atoms with Gasteiger partial charge in [-0.3, -0.25) is 4.79 Å². The van der Waals surface area contributed by atoms with E-state index in [1.165, 1.54) is 0 Å². The summed E-state index contributed by atoms with van der Waals surface area (Å²) in [5, 5.41) is 9.21. The van der Waals surface area contributed by atoms with Crippen molar-refractivity contribution in [1.82, 2.24) is 20.1 Å². The second kappa shape index (κ2) is 6.93. The molecular weight excluding hydrogens is 364 g/mol. The number of likely N-dealkylation sites (tertiary alicyclic amines) is 1. The maximum Gasteiger partial charge on any atom is 0.257 e. The summed E-state index contributed by atoms with van der Waals surface area (Å²) in [7, 11) is 0. The number of piperidine rings is 1. The van der Waals surface area contributed by atoms with Gasteiger partial charge in [-0.25, -0.2) is 4.98 Å². The van der Waals surface area contributed by atoms with Crippen molar-refractivity contribution in [2.24, 2.45) is 0 Å². The van der Waals surface area contributed by atoms with Crippen LogP contribution in [0.15, 0.2) is 22.6 Å². The van der Waals surface area contributed by atoms with Gasteiger partial charge in [0.1, 0.15) is 5.15 Å². The fourth-order valence-corrected chi connectivity index (χ4v) is 3.98. The monoisotopic (exact) mass is 384 g/mol. The largest absolute Gasteiger partial charge is 0.425 e. The molecule has 0 unspecified atom stereocenters.